The smallest absolute Gasteiger partial charge is 0.344 e. The number of hydrogen-bond acceptors (Lipinski definition) is 5. The second kappa shape index (κ2) is 6.23. The molecule has 0 radical (unpaired) electrons. The van der Waals surface area contributed by atoms with E-state index >= 15 is 0 Å². The number of ether oxygens (including phenoxy) is 1. The summed E-state index contributed by atoms with van der Waals surface area (Å²) in [5, 5.41) is 12.5. The summed E-state index contributed by atoms with van der Waals surface area (Å²) in [7, 11) is 0. The van der Waals surface area contributed by atoms with E-state index in [0.29, 0.717) is 10.8 Å². The van der Waals surface area contributed by atoms with E-state index in [1.165, 1.54) is 11.8 Å². The molecule has 0 aromatic heterocycles. The molecule has 0 unspecified atom stereocenters. The average molecular weight is 313 g/mol. The second-order valence-corrected chi connectivity index (χ2v) is 5.71. The Labute approximate surface area is 132 Å². The predicted molar refractivity (Wildman–Crippen MR) is 89.8 cm³/mol. The van der Waals surface area contributed by atoms with Gasteiger partial charge in [0.2, 0.25) is 0 Å². The third kappa shape index (κ3) is 2.72. The fourth-order valence-electron chi connectivity index (χ4n) is 2.32. The summed E-state index contributed by atoms with van der Waals surface area (Å²) in [5.74, 6) is -0.149. The van der Waals surface area contributed by atoms with Crippen LogP contribution in [-0.4, -0.2) is 28.5 Å². The molecule has 0 amide bonds. The lowest BCUT2D eigenvalue weighted by atomic mass is 10.1. The van der Waals surface area contributed by atoms with Gasteiger partial charge in [-0.1, -0.05) is 48.2 Å². The molecule has 1 N–H and O–H groups in total. The normalized spacial score (nSPS) is 16.5. The standard InChI is InChI=1S/C17H15NO3S/c1-2-21-17(20)15-14(19)10-22-16(15)18-13-9-5-7-11-6-3-4-8-12(11)13/h3-9,19H,2,10H2,1H3. The highest BCUT2D eigenvalue weighted by molar-refractivity contribution is 8.15. The zero-order chi connectivity index (χ0) is 15.5. The van der Waals surface area contributed by atoms with E-state index in [1.54, 1.807) is 6.92 Å². The minimum absolute atomic E-state index is 0.0300. The van der Waals surface area contributed by atoms with Crippen molar-refractivity contribution in [2.45, 2.75) is 6.92 Å². The number of esters is 1. The molecule has 4 nitrogen and oxygen atoms in total. The predicted octanol–water partition coefficient (Wildman–Crippen LogP) is 3.99. The number of aliphatic hydroxyl groups excluding tert-OH is 1. The summed E-state index contributed by atoms with van der Waals surface area (Å²) in [4.78, 5) is 16.6. The lowest BCUT2D eigenvalue weighted by Gasteiger charge is -2.06. The highest BCUT2D eigenvalue weighted by Crippen LogP contribution is 2.32. The highest BCUT2D eigenvalue weighted by Gasteiger charge is 2.29. The van der Waals surface area contributed by atoms with Gasteiger partial charge in [-0.15, -0.1) is 0 Å². The van der Waals surface area contributed by atoms with Crippen molar-refractivity contribution in [2.24, 2.45) is 4.99 Å². The first-order valence-corrected chi connectivity index (χ1v) is 7.98. The lowest BCUT2D eigenvalue weighted by molar-refractivity contribution is -0.138. The highest BCUT2D eigenvalue weighted by atomic mass is 32.2. The summed E-state index contributed by atoms with van der Waals surface area (Å²) < 4.78 is 5.00. The second-order valence-electron chi connectivity index (χ2n) is 4.75. The van der Waals surface area contributed by atoms with Crippen LogP contribution in [0, 0.1) is 0 Å². The largest absolute Gasteiger partial charge is 0.510 e. The summed E-state index contributed by atoms with van der Waals surface area (Å²) in [6.07, 6.45) is 0. The summed E-state index contributed by atoms with van der Waals surface area (Å²) in [6.45, 7) is 2.00. The Kier molecular flexibility index (Phi) is 4.15. The van der Waals surface area contributed by atoms with Crippen molar-refractivity contribution in [1.29, 1.82) is 0 Å². The third-order valence-corrected chi connectivity index (χ3v) is 4.30. The Morgan fingerprint density at radius 3 is 2.86 bits per heavy atom. The number of carbonyl (C=O) groups excluding carboxylic acids is 1. The van der Waals surface area contributed by atoms with Crippen LogP contribution < -0.4 is 0 Å². The number of benzene rings is 2. The number of nitrogens with zero attached hydrogens (tertiary/aromatic N) is 1. The molecule has 0 fully saturated rings. The number of thioether (sulfide) groups is 1. The van der Waals surface area contributed by atoms with Crippen LogP contribution in [0.3, 0.4) is 0 Å². The van der Waals surface area contributed by atoms with E-state index in [1.807, 2.05) is 42.5 Å². The number of hydrogen-bond donors (Lipinski definition) is 1. The molecule has 0 saturated heterocycles. The van der Waals surface area contributed by atoms with Gasteiger partial charge in [-0.2, -0.15) is 0 Å². The SMILES string of the molecule is CCOC(=O)C1=C(O)CSC1=Nc1cccc2ccccc12. The topological polar surface area (TPSA) is 58.9 Å². The van der Waals surface area contributed by atoms with E-state index in [4.69, 9.17) is 4.74 Å². The van der Waals surface area contributed by atoms with Crippen molar-refractivity contribution in [3.05, 3.63) is 53.8 Å². The van der Waals surface area contributed by atoms with Crippen molar-refractivity contribution < 1.29 is 14.6 Å². The van der Waals surface area contributed by atoms with Gasteiger partial charge in [-0.25, -0.2) is 9.79 Å². The maximum atomic E-state index is 12.0. The molecule has 0 bridgehead atoms. The van der Waals surface area contributed by atoms with Gasteiger partial charge in [0, 0.05) is 5.39 Å². The van der Waals surface area contributed by atoms with E-state index in [-0.39, 0.29) is 17.9 Å². The Morgan fingerprint density at radius 2 is 2.05 bits per heavy atom. The van der Waals surface area contributed by atoms with E-state index in [0.717, 1.165) is 16.5 Å². The van der Waals surface area contributed by atoms with Crippen LogP contribution in [0.5, 0.6) is 0 Å². The first kappa shape index (κ1) is 14.7. The van der Waals surface area contributed by atoms with Crippen molar-refractivity contribution >= 4 is 39.2 Å². The first-order valence-electron chi connectivity index (χ1n) is 6.99. The van der Waals surface area contributed by atoms with Crippen LogP contribution >= 0.6 is 11.8 Å². The van der Waals surface area contributed by atoms with Crippen LogP contribution in [0.15, 0.2) is 58.8 Å². The zero-order valence-electron chi connectivity index (χ0n) is 12.1. The van der Waals surface area contributed by atoms with Gasteiger partial charge in [0.25, 0.3) is 0 Å². The van der Waals surface area contributed by atoms with Crippen LogP contribution in [0.1, 0.15) is 6.92 Å². The Morgan fingerprint density at radius 1 is 1.27 bits per heavy atom. The molecular formula is C17H15NO3S. The van der Waals surface area contributed by atoms with E-state index < -0.39 is 5.97 Å². The Bertz CT molecular complexity index is 790. The van der Waals surface area contributed by atoms with Gasteiger partial charge in [0.05, 0.1) is 18.0 Å². The van der Waals surface area contributed by atoms with Crippen LogP contribution in [0.2, 0.25) is 0 Å². The third-order valence-electron chi connectivity index (χ3n) is 3.32. The minimum Gasteiger partial charge on any atom is -0.510 e. The Hall–Kier alpha value is -2.27. The molecule has 1 aliphatic heterocycles. The molecule has 1 heterocycles. The van der Waals surface area contributed by atoms with Crippen molar-refractivity contribution in [3.63, 3.8) is 0 Å². The number of aliphatic hydroxyl groups is 1. The summed E-state index contributed by atoms with van der Waals surface area (Å²) in [5.41, 5.74) is 0.955. The first-order chi connectivity index (χ1) is 10.7. The van der Waals surface area contributed by atoms with E-state index in [2.05, 4.69) is 4.99 Å². The lowest BCUT2D eigenvalue weighted by Crippen LogP contribution is -2.12. The molecule has 0 spiro atoms. The average Bonchev–Trinajstić information content (AvgIpc) is 2.89. The van der Waals surface area contributed by atoms with Crippen molar-refractivity contribution in [2.75, 3.05) is 12.4 Å². The van der Waals surface area contributed by atoms with Crippen molar-refractivity contribution in [1.82, 2.24) is 0 Å². The fraction of sp³-hybridized carbons (Fsp3) is 0.176. The fourth-order valence-corrected chi connectivity index (χ4v) is 3.24. The molecule has 2 aromatic carbocycles. The molecule has 0 aliphatic carbocycles. The molecule has 22 heavy (non-hydrogen) atoms. The van der Waals surface area contributed by atoms with Gasteiger partial charge in [0.15, 0.2) is 0 Å². The molecule has 112 valence electrons. The van der Waals surface area contributed by atoms with Gasteiger partial charge < -0.3 is 9.84 Å². The molecule has 3 rings (SSSR count). The van der Waals surface area contributed by atoms with Crippen molar-refractivity contribution in [3.8, 4) is 0 Å². The molecule has 1 aliphatic rings. The summed E-state index contributed by atoms with van der Waals surface area (Å²) >= 11 is 1.34. The van der Waals surface area contributed by atoms with Gasteiger partial charge in [0.1, 0.15) is 16.4 Å². The molecule has 5 heteroatoms. The molecule has 0 atom stereocenters. The number of aliphatic imine (C=N–C) groups is 1. The quantitative estimate of drug-likeness (QED) is 0.870. The van der Waals surface area contributed by atoms with E-state index in [9.17, 15) is 9.90 Å². The zero-order valence-corrected chi connectivity index (χ0v) is 12.9. The van der Waals surface area contributed by atoms with Crippen LogP contribution in [0.25, 0.3) is 10.8 Å². The molecule has 2 aromatic rings. The maximum Gasteiger partial charge on any atom is 0.344 e. The van der Waals surface area contributed by atoms with Gasteiger partial charge in [-0.3, -0.25) is 0 Å². The van der Waals surface area contributed by atoms with Crippen LogP contribution in [0.4, 0.5) is 5.69 Å². The maximum absolute atomic E-state index is 12.0. The number of fused-ring (bicyclic) bond motifs is 1. The van der Waals surface area contributed by atoms with Gasteiger partial charge >= 0.3 is 5.97 Å². The van der Waals surface area contributed by atoms with Crippen LogP contribution in [-0.2, 0) is 9.53 Å². The number of rotatable bonds is 3. The summed E-state index contributed by atoms with van der Waals surface area (Å²) in [6, 6.07) is 13.8. The Balaban J connectivity index is 2.05. The number of carbonyl (C=O) groups is 1. The molecular weight excluding hydrogens is 298 g/mol. The van der Waals surface area contributed by atoms with Gasteiger partial charge in [-0.05, 0) is 18.4 Å². The minimum atomic E-state index is -0.524. The molecule has 0 saturated carbocycles. The monoisotopic (exact) mass is 313 g/mol.